The highest BCUT2D eigenvalue weighted by atomic mass is 16.2. The lowest BCUT2D eigenvalue weighted by Crippen LogP contribution is -2.44. The molecule has 3 N–H and O–H groups in total. The normalized spacial score (nSPS) is 25.2. The van der Waals surface area contributed by atoms with E-state index in [4.69, 9.17) is 5.73 Å². The summed E-state index contributed by atoms with van der Waals surface area (Å²) >= 11 is 0. The molecular weight excluding hydrogens is 326 g/mol. The molecule has 1 amide bonds. The number of fused-ring (bicyclic) bond motifs is 1. The standard InChI is InChI=1S/C20H25N5O/c21-17-8-10-22-18(24-17)11-23-19(26)20-9-4-7-16(20)13-25(14-20)12-15-5-2-1-3-6-15/h1-3,5-6,8,10,16H,4,7,9,11-14H2,(H,23,26)(H2,21,22,24)/t16-,20-/m1/s1. The molecule has 4 rings (SSSR count). The second kappa shape index (κ2) is 7.03. The summed E-state index contributed by atoms with van der Waals surface area (Å²) in [5.41, 5.74) is 6.73. The zero-order valence-electron chi connectivity index (χ0n) is 14.9. The Morgan fingerprint density at radius 3 is 2.96 bits per heavy atom. The van der Waals surface area contributed by atoms with E-state index < -0.39 is 0 Å². The zero-order valence-corrected chi connectivity index (χ0v) is 14.9. The molecule has 1 saturated carbocycles. The number of amides is 1. The molecule has 1 saturated heterocycles. The lowest BCUT2D eigenvalue weighted by molar-refractivity contribution is -0.131. The summed E-state index contributed by atoms with van der Waals surface area (Å²) in [5, 5.41) is 3.07. The van der Waals surface area contributed by atoms with E-state index in [1.807, 2.05) is 6.07 Å². The molecule has 0 radical (unpaired) electrons. The third-order valence-corrected chi connectivity index (χ3v) is 5.78. The second-order valence-electron chi connectivity index (χ2n) is 7.48. The Hall–Kier alpha value is -2.47. The van der Waals surface area contributed by atoms with Gasteiger partial charge in [0.15, 0.2) is 0 Å². The van der Waals surface area contributed by atoms with Crippen LogP contribution in [0, 0.1) is 11.3 Å². The van der Waals surface area contributed by atoms with Crippen LogP contribution >= 0.6 is 0 Å². The number of hydrogen-bond donors (Lipinski definition) is 2. The molecule has 136 valence electrons. The summed E-state index contributed by atoms with van der Waals surface area (Å²) in [6, 6.07) is 12.1. The van der Waals surface area contributed by atoms with Gasteiger partial charge in [0.1, 0.15) is 11.6 Å². The molecule has 2 heterocycles. The van der Waals surface area contributed by atoms with E-state index >= 15 is 0 Å². The van der Waals surface area contributed by atoms with Crippen LogP contribution in [0.3, 0.4) is 0 Å². The topological polar surface area (TPSA) is 84.1 Å². The number of carbonyl (C=O) groups excluding carboxylic acids is 1. The van der Waals surface area contributed by atoms with Gasteiger partial charge in [-0.05, 0) is 30.4 Å². The van der Waals surface area contributed by atoms with Gasteiger partial charge < -0.3 is 11.1 Å². The number of hydrogen-bond acceptors (Lipinski definition) is 5. The van der Waals surface area contributed by atoms with E-state index in [9.17, 15) is 4.79 Å². The Kier molecular flexibility index (Phi) is 4.59. The molecule has 6 nitrogen and oxygen atoms in total. The van der Waals surface area contributed by atoms with Crippen molar-refractivity contribution in [1.82, 2.24) is 20.2 Å². The smallest absolute Gasteiger partial charge is 0.228 e. The third-order valence-electron chi connectivity index (χ3n) is 5.78. The van der Waals surface area contributed by atoms with E-state index in [2.05, 4.69) is 44.5 Å². The van der Waals surface area contributed by atoms with Crippen molar-refractivity contribution in [2.75, 3.05) is 18.8 Å². The number of likely N-dealkylation sites (tertiary alicyclic amines) is 1. The zero-order chi connectivity index (χ0) is 18.0. The van der Waals surface area contributed by atoms with Crippen LogP contribution in [0.4, 0.5) is 5.82 Å². The Morgan fingerprint density at radius 1 is 1.31 bits per heavy atom. The summed E-state index contributed by atoms with van der Waals surface area (Å²) in [6.45, 7) is 3.06. The number of benzene rings is 1. The van der Waals surface area contributed by atoms with Crippen LogP contribution in [0.15, 0.2) is 42.6 Å². The highest BCUT2D eigenvalue weighted by Gasteiger charge is 2.54. The molecule has 0 unspecified atom stereocenters. The number of nitrogens with zero attached hydrogens (tertiary/aromatic N) is 3. The van der Waals surface area contributed by atoms with E-state index in [1.54, 1.807) is 12.3 Å². The summed E-state index contributed by atoms with van der Waals surface area (Å²) in [6.07, 6.45) is 4.85. The maximum atomic E-state index is 13.1. The minimum absolute atomic E-state index is 0.140. The largest absolute Gasteiger partial charge is 0.384 e. The number of aromatic nitrogens is 2. The van der Waals surface area contributed by atoms with Gasteiger partial charge in [-0.15, -0.1) is 0 Å². The average molecular weight is 351 g/mol. The third kappa shape index (κ3) is 3.29. The van der Waals surface area contributed by atoms with Crippen molar-refractivity contribution in [2.24, 2.45) is 11.3 Å². The van der Waals surface area contributed by atoms with Gasteiger partial charge in [0.2, 0.25) is 5.91 Å². The molecule has 1 aromatic heterocycles. The minimum atomic E-state index is -0.269. The second-order valence-corrected chi connectivity index (χ2v) is 7.48. The number of nitrogens with one attached hydrogen (secondary N) is 1. The fraction of sp³-hybridized carbons (Fsp3) is 0.450. The van der Waals surface area contributed by atoms with Crippen LogP contribution in [0.25, 0.3) is 0 Å². The number of rotatable bonds is 5. The monoisotopic (exact) mass is 351 g/mol. The van der Waals surface area contributed by atoms with Crippen molar-refractivity contribution in [3.05, 3.63) is 54.0 Å². The van der Waals surface area contributed by atoms with Crippen LogP contribution in [0.2, 0.25) is 0 Å². The molecule has 1 aromatic carbocycles. The van der Waals surface area contributed by atoms with Crippen molar-refractivity contribution >= 4 is 11.7 Å². The lowest BCUT2D eigenvalue weighted by atomic mass is 9.80. The quantitative estimate of drug-likeness (QED) is 0.860. The van der Waals surface area contributed by atoms with Crippen LogP contribution < -0.4 is 11.1 Å². The van der Waals surface area contributed by atoms with Crippen LogP contribution in [0.5, 0.6) is 0 Å². The summed E-state index contributed by atoms with van der Waals surface area (Å²) in [4.78, 5) is 23.8. The van der Waals surface area contributed by atoms with Gasteiger partial charge in [0.25, 0.3) is 0 Å². The Labute approximate surface area is 153 Å². The number of nitrogen functional groups attached to an aromatic ring is 1. The molecule has 1 aliphatic heterocycles. The highest BCUT2D eigenvalue weighted by molar-refractivity contribution is 5.84. The van der Waals surface area contributed by atoms with E-state index in [0.29, 0.717) is 24.1 Å². The maximum Gasteiger partial charge on any atom is 0.228 e. The van der Waals surface area contributed by atoms with Crippen LogP contribution in [0.1, 0.15) is 30.7 Å². The van der Waals surface area contributed by atoms with Crippen molar-refractivity contribution in [3.63, 3.8) is 0 Å². The van der Waals surface area contributed by atoms with Crippen molar-refractivity contribution in [2.45, 2.75) is 32.4 Å². The fourth-order valence-electron chi connectivity index (χ4n) is 4.56. The lowest BCUT2D eigenvalue weighted by Gasteiger charge is -2.27. The predicted molar refractivity (Wildman–Crippen MR) is 99.8 cm³/mol. The molecule has 0 spiro atoms. The number of nitrogens with two attached hydrogens (primary N) is 1. The molecule has 0 bridgehead atoms. The first kappa shape index (κ1) is 17.0. The van der Waals surface area contributed by atoms with Gasteiger partial charge >= 0.3 is 0 Å². The molecule has 2 fully saturated rings. The van der Waals surface area contributed by atoms with Gasteiger partial charge in [-0.25, -0.2) is 9.97 Å². The molecule has 2 atom stereocenters. The Bertz CT molecular complexity index is 781. The predicted octanol–water partition coefficient (Wildman–Crippen LogP) is 1.98. The molecule has 2 aliphatic rings. The molecule has 26 heavy (non-hydrogen) atoms. The van der Waals surface area contributed by atoms with Gasteiger partial charge in [0.05, 0.1) is 12.0 Å². The summed E-state index contributed by atoms with van der Waals surface area (Å²) in [7, 11) is 0. The molecule has 6 heteroatoms. The first-order valence-corrected chi connectivity index (χ1v) is 9.28. The maximum absolute atomic E-state index is 13.1. The first-order valence-electron chi connectivity index (χ1n) is 9.28. The molecular formula is C20H25N5O. The van der Waals surface area contributed by atoms with Crippen molar-refractivity contribution < 1.29 is 4.79 Å². The van der Waals surface area contributed by atoms with Gasteiger partial charge in [-0.1, -0.05) is 36.8 Å². The van der Waals surface area contributed by atoms with Crippen molar-refractivity contribution in [3.8, 4) is 0 Å². The summed E-state index contributed by atoms with van der Waals surface area (Å²) < 4.78 is 0. The highest BCUT2D eigenvalue weighted by Crippen LogP contribution is 2.49. The Morgan fingerprint density at radius 2 is 2.15 bits per heavy atom. The number of carbonyl (C=O) groups is 1. The molecule has 1 aliphatic carbocycles. The average Bonchev–Trinajstić information content (AvgIpc) is 3.18. The van der Waals surface area contributed by atoms with E-state index in [-0.39, 0.29) is 11.3 Å². The number of anilines is 1. The van der Waals surface area contributed by atoms with E-state index in [0.717, 1.165) is 38.9 Å². The summed E-state index contributed by atoms with van der Waals surface area (Å²) in [5.74, 6) is 1.56. The minimum Gasteiger partial charge on any atom is -0.384 e. The van der Waals surface area contributed by atoms with Crippen LogP contribution in [-0.2, 0) is 17.9 Å². The van der Waals surface area contributed by atoms with E-state index in [1.165, 1.54) is 5.56 Å². The van der Waals surface area contributed by atoms with Crippen molar-refractivity contribution in [1.29, 1.82) is 0 Å². The van der Waals surface area contributed by atoms with Crippen LogP contribution in [-0.4, -0.2) is 33.9 Å². The van der Waals surface area contributed by atoms with Gasteiger partial charge in [-0.3, -0.25) is 9.69 Å². The first-order chi connectivity index (χ1) is 12.7. The fourth-order valence-corrected chi connectivity index (χ4v) is 4.56. The molecule has 2 aromatic rings. The van der Waals surface area contributed by atoms with Gasteiger partial charge in [-0.2, -0.15) is 0 Å². The van der Waals surface area contributed by atoms with Gasteiger partial charge in [0, 0.05) is 25.8 Å². The Balaban J connectivity index is 1.42. The SMILES string of the molecule is Nc1ccnc(CNC(=O)[C@@]23CCC[C@@H]2CN(Cc2ccccc2)C3)n1.